The minimum absolute atomic E-state index is 0.0549. The molecule has 0 aromatic heterocycles. The SMILES string of the molecule is C=CCN1C(=O)C(=Cc2cc(Cl)ccc2Cl)C(=O)NC1=S. The van der Waals surface area contributed by atoms with Crippen molar-refractivity contribution in [3.63, 3.8) is 0 Å². The number of benzene rings is 1. The van der Waals surface area contributed by atoms with E-state index in [1.54, 1.807) is 18.2 Å². The molecule has 1 aromatic rings. The molecule has 2 amide bonds. The van der Waals surface area contributed by atoms with Crippen molar-refractivity contribution >= 4 is 58.4 Å². The molecule has 0 saturated carbocycles. The van der Waals surface area contributed by atoms with Gasteiger partial charge in [-0.1, -0.05) is 29.3 Å². The van der Waals surface area contributed by atoms with Crippen LogP contribution >= 0.6 is 35.4 Å². The summed E-state index contributed by atoms with van der Waals surface area (Å²) in [5, 5.41) is 3.35. The van der Waals surface area contributed by atoms with Crippen molar-refractivity contribution in [2.45, 2.75) is 0 Å². The van der Waals surface area contributed by atoms with Gasteiger partial charge < -0.3 is 0 Å². The van der Waals surface area contributed by atoms with Crippen molar-refractivity contribution in [3.05, 3.63) is 52.0 Å². The molecular formula is C14H10Cl2N2O2S. The van der Waals surface area contributed by atoms with Gasteiger partial charge in [0.15, 0.2) is 5.11 Å². The maximum atomic E-state index is 12.3. The molecule has 4 nitrogen and oxygen atoms in total. The highest BCUT2D eigenvalue weighted by atomic mass is 35.5. The molecule has 0 aliphatic carbocycles. The summed E-state index contributed by atoms with van der Waals surface area (Å²) < 4.78 is 0. The molecule has 108 valence electrons. The summed E-state index contributed by atoms with van der Waals surface area (Å²) >= 11 is 16.9. The topological polar surface area (TPSA) is 49.4 Å². The Kier molecular flexibility index (Phi) is 4.77. The fourth-order valence-electron chi connectivity index (χ4n) is 1.77. The average molecular weight is 341 g/mol. The molecule has 0 spiro atoms. The third kappa shape index (κ3) is 3.32. The van der Waals surface area contributed by atoms with Crippen LogP contribution in [0, 0.1) is 0 Å². The summed E-state index contributed by atoms with van der Waals surface area (Å²) in [6.45, 7) is 3.76. The van der Waals surface area contributed by atoms with Crippen LogP contribution in [-0.2, 0) is 9.59 Å². The van der Waals surface area contributed by atoms with E-state index in [2.05, 4.69) is 11.9 Å². The largest absolute Gasteiger partial charge is 0.298 e. The number of nitrogens with one attached hydrogen (secondary N) is 1. The first-order valence-corrected chi connectivity index (χ1v) is 7.05. The Morgan fingerprint density at radius 1 is 1.33 bits per heavy atom. The zero-order valence-corrected chi connectivity index (χ0v) is 13.1. The van der Waals surface area contributed by atoms with Crippen LogP contribution in [0.5, 0.6) is 0 Å². The van der Waals surface area contributed by atoms with Crippen LogP contribution in [0.4, 0.5) is 0 Å². The molecule has 0 unspecified atom stereocenters. The van der Waals surface area contributed by atoms with Gasteiger partial charge in [-0.2, -0.15) is 0 Å². The lowest BCUT2D eigenvalue weighted by Crippen LogP contribution is -2.53. The Hall–Kier alpha value is -1.69. The fraction of sp³-hybridized carbons (Fsp3) is 0.0714. The van der Waals surface area contributed by atoms with Gasteiger partial charge in [-0.3, -0.25) is 19.8 Å². The normalized spacial score (nSPS) is 17.1. The maximum absolute atomic E-state index is 12.3. The molecule has 7 heteroatoms. The molecule has 1 N–H and O–H groups in total. The lowest BCUT2D eigenvalue weighted by Gasteiger charge is -2.27. The summed E-state index contributed by atoms with van der Waals surface area (Å²) in [5.41, 5.74) is 0.420. The highest BCUT2D eigenvalue weighted by Crippen LogP contribution is 2.24. The van der Waals surface area contributed by atoms with Crippen molar-refractivity contribution in [3.8, 4) is 0 Å². The third-order valence-corrected chi connectivity index (χ3v) is 3.66. The molecule has 0 radical (unpaired) electrons. The van der Waals surface area contributed by atoms with Gasteiger partial charge >= 0.3 is 0 Å². The van der Waals surface area contributed by atoms with Crippen LogP contribution in [0.2, 0.25) is 10.0 Å². The molecule has 1 aliphatic rings. The average Bonchev–Trinajstić information content (AvgIpc) is 2.43. The molecule has 1 aromatic carbocycles. The van der Waals surface area contributed by atoms with Gasteiger partial charge in [0.25, 0.3) is 11.8 Å². The van der Waals surface area contributed by atoms with Gasteiger partial charge in [-0.15, -0.1) is 6.58 Å². The second kappa shape index (κ2) is 6.39. The summed E-state index contributed by atoms with van der Waals surface area (Å²) in [6, 6.07) is 4.78. The first-order chi connectivity index (χ1) is 9.93. The number of carbonyl (C=O) groups is 2. The van der Waals surface area contributed by atoms with E-state index in [1.165, 1.54) is 17.1 Å². The van der Waals surface area contributed by atoms with E-state index in [-0.39, 0.29) is 17.2 Å². The molecule has 0 bridgehead atoms. The summed E-state index contributed by atoms with van der Waals surface area (Å²) in [6.07, 6.45) is 2.91. The summed E-state index contributed by atoms with van der Waals surface area (Å²) in [7, 11) is 0. The highest BCUT2D eigenvalue weighted by molar-refractivity contribution is 7.80. The second-order valence-electron chi connectivity index (χ2n) is 4.19. The third-order valence-electron chi connectivity index (χ3n) is 2.76. The Morgan fingerprint density at radius 2 is 2.05 bits per heavy atom. The van der Waals surface area contributed by atoms with Gasteiger partial charge in [-0.05, 0) is 42.1 Å². The number of rotatable bonds is 3. The Balaban J connectivity index is 2.45. The molecule has 1 aliphatic heterocycles. The van der Waals surface area contributed by atoms with Gasteiger partial charge in [-0.25, -0.2) is 0 Å². The number of carbonyl (C=O) groups excluding carboxylic acids is 2. The minimum Gasteiger partial charge on any atom is -0.298 e. The van der Waals surface area contributed by atoms with E-state index in [1.807, 2.05) is 0 Å². The van der Waals surface area contributed by atoms with Gasteiger partial charge in [0.05, 0.1) is 0 Å². The number of hydrogen-bond acceptors (Lipinski definition) is 3. The van der Waals surface area contributed by atoms with Crippen molar-refractivity contribution in [2.24, 2.45) is 0 Å². The number of nitrogens with zero attached hydrogens (tertiary/aromatic N) is 1. The monoisotopic (exact) mass is 340 g/mol. The van der Waals surface area contributed by atoms with E-state index in [9.17, 15) is 9.59 Å². The van der Waals surface area contributed by atoms with Crippen LogP contribution in [0.15, 0.2) is 36.4 Å². The summed E-state index contributed by atoms with van der Waals surface area (Å²) in [5.74, 6) is -1.07. The Bertz CT molecular complexity index is 686. The predicted octanol–water partition coefficient (Wildman–Crippen LogP) is 2.81. The number of halogens is 2. The molecule has 2 rings (SSSR count). The smallest absolute Gasteiger partial charge is 0.265 e. The van der Waals surface area contributed by atoms with Crippen LogP contribution in [-0.4, -0.2) is 28.4 Å². The quantitative estimate of drug-likeness (QED) is 0.398. The second-order valence-corrected chi connectivity index (χ2v) is 5.42. The van der Waals surface area contributed by atoms with E-state index >= 15 is 0 Å². The first kappa shape index (κ1) is 15.7. The standard InChI is InChI=1S/C14H10Cl2N2O2S/c1-2-5-18-13(20)10(12(19)17-14(18)21)7-8-6-9(15)3-4-11(8)16/h2-4,6-7H,1,5H2,(H,17,19,21). The van der Waals surface area contributed by atoms with E-state index < -0.39 is 11.8 Å². The highest BCUT2D eigenvalue weighted by Gasteiger charge is 2.32. The van der Waals surface area contributed by atoms with Gasteiger partial charge in [0.2, 0.25) is 0 Å². The predicted molar refractivity (Wildman–Crippen MR) is 87.1 cm³/mol. The van der Waals surface area contributed by atoms with Crippen LogP contribution in [0.1, 0.15) is 5.56 Å². The van der Waals surface area contributed by atoms with E-state index in [4.69, 9.17) is 35.4 Å². The van der Waals surface area contributed by atoms with Crippen molar-refractivity contribution in [2.75, 3.05) is 6.54 Å². The minimum atomic E-state index is -0.568. The molecule has 1 fully saturated rings. The molecule has 21 heavy (non-hydrogen) atoms. The number of thiocarbonyl (C=S) groups is 1. The van der Waals surface area contributed by atoms with Crippen LogP contribution in [0.3, 0.4) is 0 Å². The maximum Gasteiger partial charge on any atom is 0.265 e. The Labute approximate surface area is 137 Å². The van der Waals surface area contributed by atoms with E-state index in [0.717, 1.165) is 0 Å². The van der Waals surface area contributed by atoms with E-state index in [0.29, 0.717) is 15.6 Å². The first-order valence-electron chi connectivity index (χ1n) is 5.89. The fourth-order valence-corrected chi connectivity index (χ4v) is 2.37. The molecule has 0 atom stereocenters. The van der Waals surface area contributed by atoms with Gasteiger partial charge in [0, 0.05) is 16.6 Å². The molecular weight excluding hydrogens is 331 g/mol. The number of amides is 2. The van der Waals surface area contributed by atoms with Crippen molar-refractivity contribution in [1.82, 2.24) is 10.2 Å². The van der Waals surface area contributed by atoms with Crippen LogP contribution in [0.25, 0.3) is 6.08 Å². The Morgan fingerprint density at radius 3 is 2.71 bits per heavy atom. The van der Waals surface area contributed by atoms with Crippen molar-refractivity contribution < 1.29 is 9.59 Å². The zero-order chi connectivity index (χ0) is 15.6. The lowest BCUT2D eigenvalue weighted by atomic mass is 10.1. The summed E-state index contributed by atoms with van der Waals surface area (Å²) in [4.78, 5) is 25.5. The number of hydrogen-bond donors (Lipinski definition) is 1. The zero-order valence-electron chi connectivity index (χ0n) is 10.7. The van der Waals surface area contributed by atoms with Gasteiger partial charge in [0.1, 0.15) is 5.57 Å². The van der Waals surface area contributed by atoms with Crippen molar-refractivity contribution in [1.29, 1.82) is 0 Å². The molecule has 1 heterocycles. The lowest BCUT2D eigenvalue weighted by molar-refractivity contribution is -0.128. The van der Waals surface area contributed by atoms with Crippen LogP contribution < -0.4 is 5.32 Å². The molecule has 1 saturated heterocycles.